The van der Waals surface area contributed by atoms with Gasteiger partial charge in [-0.05, 0) is 44.3 Å². The van der Waals surface area contributed by atoms with Crippen LogP contribution >= 0.6 is 11.8 Å². The second-order valence-corrected chi connectivity index (χ2v) is 6.95. The van der Waals surface area contributed by atoms with Crippen LogP contribution in [0.3, 0.4) is 0 Å². The van der Waals surface area contributed by atoms with Crippen molar-refractivity contribution in [3.63, 3.8) is 0 Å². The fraction of sp³-hybridized carbons (Fsp3) is 1.00. The first-order chi connectivity index (χ1) is 8.15. The van der Waals surface area contributed by atoms with Gasteiger partial charge in [0, 0.05) is 16.8 Å². The zero-order valence-corrected chi connectivity index (χ0v) is 12.5. The summed E-state index contributed by atoms with van der Waals surface area (Å²) in [6.07, 6.45) is 7.20. The molecule has 0 heterocycles. The van der Waals surface area contributed by atoms with Crippen LogP contribution in [0.25, 0.3) is 0 Å². The summed E-state index contributed by atoms with van der Waals surface area (Å²) in [5.41, 5.74) is -0.00280. The highest BCUT2D eigenvalue weighted by Crippen LogP contribution is 2.27. The summed E-state index contributed by atoms with van der Waals surface area (Å²) in [7, 11) is 0. The molecule has 2 atom stereocenters. The third-order valence-corrected chi connectivity index (χ3v) is 5.27. The van der Waals surface area contributed by atoms with Gasteiger partial charge in [-0.3, -0.25) is 0 Å². The van der Waals surface area contributed by atoms with E-state index < -0.39 is 0 Å². The molecule has 3 heteroatoms. The standard InChI is InChI=1S/C14H29NOS/c1-4-12(3)17-10-6-9-14(5-2,11-16)15-13-7-8-13/h12-13,15-16H,4-11H2,1-3H3. The summed E-state index contributed by atoms with van der Waals surface area (Å²) < 4.78 is 0. The van der Waals surface area contributed by atoms with E-state index >= 15 is 0 Å². The monoisotopic (exact) mass is 259 g/mol. The topological polar surface area (TPSA) is 32.3 Å². The Morgan fingerprint density at radius 3 is 2.59 bits per heavy atom. The molecule has 1 rings (SSSR count). The Balaban J connectivity index is 2.23. The van der Waals surface area contributed by atoms with Crippen LogP contribution in [0.15, 0.2) is 0 Å². The summed E-state index contributed by atoms with van der Waals surface area (Å²) in [5, 5.41) is 14.1. The number of aliphatic hydroxyl groups is 1. The molecule has 0 aromatic rings. The molecule has 102 valence electrons. The molecule has 2 nitrogen and oxygen atoms in total. The lowest BCUT2D eigenvalue weighted by Gasteiger charge is -2.32. The quantitative estimate of drug-likeness (QED) is 0.591. The van der Waals surface area contributed by atoms with Crippen molar-refractivity contribution < 1.29 is 5.11 Å². The predicted octanol–water partition coefficient (Wildman–Crippen LogP) is 3.19. The molecular weight excluding hydrogens is 230 g/mol. The van der Waals surface area contributed by atoms with Gasteiger partial charge in [-0.1, -0.05) is 20.8 Å². The van der Waals surface area contributed by atoms with Gasteiger partial charge in [0.25, 0.3) is 0 Å². The highest BCUT2D eigenvalue weighted by atomic mass is 32.2. The van der Waals surface area contributed by atoms with Gasteiger partial charge in [0.05, 0.1) is 6.61 Å². The summed E-state index contributed by atoms with van der Waals surface area (Å²) >= 11 is 2.06. The van der Waals surface area contributed by atoms with Crippen LogP contribution in [-0.2, 0) is 0 Å². The normalized spacial score (nSPS) is 21.2. The Kier molecular flexibility index (Phi) is 6.90. The molecule has 1 fully saturated rings. The Labute approximate surface area is 111 Å². The molecule has 0 saturated heterocycles. The molecule has 0 amide bonds. The van der Waals surface area contributed by atoms with Crippen molar-refractivity contribution in [3.8, 4) is 0 Å². The van der Waals surface area contributed by atoms with Crippen LogP contribution in [0.5, 0.6) is 0 Å². The van der Waals surface area contributed by atoms with Crippen molar-refractivity contribution in [1.29, 1.82) is 0 Å². The first-order valence-corrected chi connectivity index (χ1v) is 8.21. The number of nitrogens with one attached hydrogen (secondary N) is 1. The van der Waals surface area contributed by atoms with Crippen LogP contribution < -0.4 is 5.32 Å². The van der Waals surface area contributed by atoms with Crippen molar-refractivity contribution in [3.05, 3.63) is 0 Å². The largest absolute Gasteiger partial charge is 0.394 e. The molecule has 1 saturated carbocycles. The molecule has 0 aromatic heterocycles. The summed E-state index contributed by atoms with van der Waals surface area (Å²) in [5.74, 6) is 1.23. The highest BCUT2D eigenvalue weighted by molar-refractivity contribution is 7.99. The predicted molar refractivity (Wildman–Crippen MR) is 77.7 cm³/mol. The zero-order valence-electron chi connectivity index (χ0n) is 11.7. The Bertz CT molecular complexity index is 202. The van der Waals surface area contributed by atoms with Gasteiger partial charge in [0.2, 0.25) is 0 Å². The number of rotatable bonds is 10. The molecule has 1 aliphatic carbocycles. The lowest BCUT2D eigenvalue weighted by atomic mass is 9.91. The lowest BCUT2D eigenvalue weighted by molar-refractivity contribution is 0.144. The number of thioether (sulfide) groups is 1. The van der Waals surface area contributed by atoms with Gasteiger partial charge < -0.3 is 10.4 Å². The second kappa shape index (κ2) is 7.65. The van der Waals surface area contributed by atoms with E-state index in [0.717, 1.165) is 18.1 Å². The van der Waals surface area contributed by atoms with Crippen LogP contribution in [0.1, 0.15) is 59.3 Å². The number of hydrogen-bond acceptors (Lipinski definition) is 3. The second-order valence-electron chi connectivity index (χ2n) is 5.40. The van der Waals surface area contributed by atoms with E-state index in [0.29, 0.717) is 6.04 Å². The minimum atomic E-state index is -0.00280. The van der Waals surface area contributed by atoms with Crippen LogP contribution in [0.2, 0.25) is 0 Å². The summed E-state index contributed by atoms with van der Waals surface area (Å²) in [6, 6.07) is 0.685. The average Bonchev–Trinajstić information content (AvgIpc) is 3.16. The van der Waals surface area contributed by atoms with Gasteiger partial charge in [-0.2, -0.15) is 11.8 Å². The van der Waals surface area contributed by atoms with Crippen molar-refractivity contribution >= 4 is 11.8 Å². The Morgan fingerprint density at radius 2 is 2.12 bits per heavy atom. The molecule has 17 heavy (non-hydrogen) atoms. The molecule has 2 unspecified atom stereocenters. The van der Waals surface area contributed by atoms with E-state index in [2.05, 4.69) is 37.8 Å². The third kappa shape index (κ3) is 5.62. The van der Waals surface area contributed by atoms with E-state index in [-0.39, 0.29) is 12.1 Å². The van der Waals surface area contributed by atoms with Crippen molar-refractivity contribution in [2.45, 2.75) is 76.1 Å². The molecule has 0 aliphatic heterocycles. The van der Waals surface area contributed by atoms with E-state index in [1.807, 2.05) is 0 Å². The molecule has 0 bridgehead atoms. The maximum Gasteiger partial charge on any atom is 0.0613 e. The third-order valence-electron chi connectivity index (χ3n) is 3.84. The van der Waals surface area contributed by atoms with Crippen LogP contribution in [-0.4, -0.2) is 34.3 Å². The minimum absolute atomic E-state index is 0.00280. The van der Waals surface area contributed by atoms with Crippen LogP contribution in [0, 0.1) is 0 Å². The first-order valence-electron chi connectivity index (χ1n) is 7.16. The maximum absolute atomic E-state index is 9.64. The summed E-state index contributed by atoms with van der Waals surface area (Å²) in [4.78, 5) is 0. The summed E-state index contributed by atoms with van der Waals surface area (Å²) in [6.45, 7) is 7.02. The molecular formula is C14H29NOS. The van der Waals surface area contributed by atoms with E-state index in [1.165, 1.54) is 31.4 Å². The molecule has 1 aliphatic rings. The van der Waals surface area contributed by atoms with E-state index in [4.69, 9.17) is 0 Å². The van der Waals surface area contributed by atoms with Gasteiger partial charge in [0.15, 0.2) is 0 Å². The Morgan fingerprint density at radius 1 is 1.41 bits per heavy atom. The van der Waals surface area contributed by atoms with Crippen molar-refractivity contribution in [1.82, 2.24) is 5.32 Å². The molecule has 0 radical (unpaired) electrons. The molecule has 0 spiro atoms. The molecule has 2 N–H and O–H groups in total. The van der Waals surface area contributed by atoms with Gasteiger partial charge in [0.1, 0.15) is 0 Å². The fourth-order valence-electron chi connectivity index (χ4n) is 2.06. The van der Waals surface area contributed by atoms with Gasteiger partial charge in [-0.25, -0.2) is 0 Å². The maximum atomic E-state index is 9.64. The number of hydrogen-bond donors (Lipinski definition) is 2. The van der Waals surface area contributed by atoms with E-state index in [1.54, 1.807) is 0 Å². The van der Waals surface area contributed by atoms with Crippen molar-refractivity contribution in [2.24, 2.45) is 0 Å². The zero-order chi connectivity index (χ0) is 12.7. The van der Waals surface area contributed by atoms with Gasteiger partial charge >= 0.3 is 0 Å². The van der Waals surface area contributed by atoms with Gasteiger partial charge in [-0.15, -0.1) is 0 Å². The first kappa shape index (κ1) is 15.3. The highest BCUT2D eigenvalue weighted by Gasteiger charge is 2.33. The minimum Gasteiger partial charge on any atom is -0.394 e. The fourth-order valence-corrected chi connectivity index (χ4v) is 3.01. The van der Waals surface area contributed by atoms with Crippen molar-refractivity contribution in [2.75, 3.05) is 12.4 Å². The average molecular weight is 259 g/mol. The smallest absolute Gasteiger partial charge is 0.0613 e. The SMILES string of the molecule is CCC(C)SCCCC(CC)(CO)NC1CC1. The Hall–Kier alpha value is 0.270. The lowest BCUT2D eigenvalue weighted by Crippen LogP contribution is -2.49. The van der Waals surface area contributed by atoms with Crippen LogP contribution in [0.4, 0.5) is 0 Å². The molecule has 0 aromatic carbocycles. The number of aliphatic hydroxyl groups excluding tert-OH is 1. The van der Waals surface area contributed by atoms with E-state index in [9.17, 15) is 5.11 Å².